The molecule has 0 aliphatic carbocycles. The Bertz CT molecular complexity index is 204. The van der Waals surface area contributed by atoms with Crippen LogP contribution < -0.4 is 5.32 Å². The fourth-order valence-electron chi connectivity index (χ4n) is 3.07. The number of nitrogens with one attached hydrogen (secondary N) is 1. The number of hydrogen-bond acceptors (Lipinski definition) is 3. The topological polar surface area (TPSA) is 24.5 Å². The quantitative estimate of drug-likeness (QED) is 0.717. The van der Waals surface area contributed by atoms with Gasteiger partial charge in [-0.05, 0) is 51.7 Å². The largest absolute Gasteiger partial charge is 0.381 e. The van der Waals surface area contributed by atoms with Crippen LogP contribution in [0.15, 0.2) is 0 Å². The number of unbranched alkanes of at least 4 members (excludes halogenated alkanes) is 1. The Morgan fingerprint density at radius 1 is 1.18 bits per heavy atom. The van der Waals surface area contributed by atoms with Crippen LogP contribution in [0.3, 0.4) is 0 Å². The van der Waals surface area contributed by atoms with Crippen molar-refractivity contribution in [1.82, 2.24) is 10.2 Å². The Morgan fingerprint density at radius 2 is 2.00 bits per heavy atom. The molecule has 17 heavy (non-hydrogen) atoms. The Kier molecular flexibility index (Phi) is 5.75. The van der Waals surface area contributed by atoms with E-state index in [0.29, 0.717) is 0 Å². The number of likely N-dealkylation sites (N-methyl/N-ethyl adjacent to an activating group) is 1. The first-order chi connectivity index (χ1) is 8.38. The first-order valence-corrected chi connectivity index (χ1v) is 7.36. The van der Waals surface area contributed by atoms with Gasteiger partial charge in [-0.1, -0.05) is 12.8 Å². The third kappa shape index (κ3) is 4.57. The fraction of sp³-hybridized carbons (Fsp3) is 1.00. The van der Waals surface area contributed by atoms with Gasteiger partial charge in [0, 0.05) is 25.8 Å². The zero-order valence-electron chi connectivity index (χ0n) is 11.3. The standard InChI is InChI=1S/C14H28N2O/c1-15-14-5-9-16(12-14)8-3-2-4-13-6-10-17-11-7-13/h13-15H,2-12H2,1H3. The van der Waals surface area contributed by atoms with Gasteiger partial charge in [0.15, 0.2) is 0 Å². The third-order valence-electron chi connectivity index (χ3n) is 4.36. The van der Waals surface area contributed by atoms with E-state index in [9.17, 15) is 0 Å². The maximum Gasteiger partial charge on any atom is 0.0468 e. The van der Waals surface area contributed by atoms with Gasteiger partial charge >= 0.3 is 0 Å². The maximum absolute atomic E-state index is 5.40. The molecule has 2 saturated heterocycles. The van der Waals surface area contributed by atoms with Crippen molar-refractivity contribution in [1.29, 1.82) is 0 Å². The predicted molar refractivity (Wildman–Crippen MR) is 71.3 cm³/mol. The number of ether oxygens (including phenoxy) is 1. The summed E-state index contributed by atoms with van der Waals surface area (Å²) < 4.78 is 5.40. The summed E-state index contributed by atoms with van der Waals surface area (Å²) in [4.78, 5) is 2.62. The second kappa shape index (κ2) is 7.34. The van der Waals surface area contributed by atoms with E-state index in [2.05, 4.69) is 17.3 Å². The summed E-state index contributed by atoms with van der Waals surface area (Å²) in [5.74, 6) is 0.951. The first-order valence-electron chi connectivity index (χ1n) is 7.36. The summed E-state index contributed by atoms with van der Waals surface area (Å²) in [7, 11) is 2.08. The molecule has 2 fully saturated rings. The van der Waals surface area contributed by atoms with E-state index in [1.807, 2.05) is 0 Å². The van der Waals surface area contributed by atoms with Crippen molar-refractivity contribution in [3.63, 3.8) is 0 Å². The molecule has 2 heterocycles. The van der Waals surface area contributed by atoms with Crippen LogP contribution in [0, 0.1) is 5.92 Å². The first kappa shape index (κ1) is 13.3. The summed E-state index contributed by atoms with van der Waals surface area (Å²) in [5, 5.41) is 3.38. The van der Waals surface area contributed by atoms with Gasteiger partial charge in [-0.2, -0.15) is 0 Å². The number of likely N-dealkylation sites (tertiary alicyclic amines) is 1. The van der Waals surface area contributed by atoms with E-state index in [1.165, 1.54) is 58.2 Å². The van der Waals surface area contributed by atoms with Gasteiger partial charge in [-0.25, -0.2) is 0 Å². The molecule has 1 atom stereocenters. The van der Waals surface area contributed by atoms with E-state index in [0.717, 1.165) is 25.2 Å². The minimum Gasteiger partial charge on any atom is -0.381 e. The third-order valence-corrected chi connectivity index (χ3v) is 4.36. The summed E-state index contributed by atoms with van der Waals surface area (Å²) in [5.41, 5.74) is 0. The molecule has 0 aromatic rings. The lowest BCUT2D eigenvalue weighted by Gasteiger charge is -2.22. The zero-order valence-corrected chi connectivity index (χ0v) is 11.3. The van der Waals surface area contributed by atoms with Gasteiger partial charge in [-0.3, -0.25) is 0 Å². The molecule has 0 amide bonds. The van der Waals surface area contributed by atoms with Crippen LogP contribution in [0.25, 0.3) is 0 Å². The number of rotatable bonds is 6. The second-order valence-electron chi connectivity index (χ2n) is 5.63. The highest BCUT2D eigenvalue weighted by atomic mass is 16.5. The van der Waals surface area contributed by atoms with Crippen LogP contribution in [0.5, 0.6) is 0 Å². The van der Waals surface area contributed by atoms with Crippen LogP contribution >= 0.6 is 0 Å². The maximum atomic E-state index is 5.40. The number of nitrogens with zero attached hydrogens (tertiary/aromatic N) is 1. The molecular formula is C14H28N2O. The van der Waals surface area contributed by atoms with E-state index in [4.69, 9.17) is 4.74 Å². The molecule has 1 unspecified atom stereocenters. The SMILES string of the molecule is CNC1CCN(CCCCC2CCOCC2)C1. The van der Waals surface area contributed by atoms with Crippen LogP contribution in [0.4, 0.5) is 0 Å². The Labute approximate surface area is 106 Å². The van der Waals surface area contributed by atoms with Crippen molar-refractivity contribution in [2.75, 3.05) is 39.9 Å². The lowest BCUT2D eigenvalue weighted by atomic mass is 9.94. The molecule has 0 bridgehead atoms. The molecule has 0 spiro atoms. The van der Waals surface area contributed by atoms with Gasteiger partial charge in [0.2, 0.25) is 0 Å². The minimum absolute atomic E-state index is 0.741. The molecule has 0 aromatic carbocycles. The Balaban J connectivity index is 1.48. The molecule has 3 heteroatoms. The molecular weight excluding hydrogens is 212 g/mol. The van der Waals surface area contributed by atoms with E-state index in [-0.39, 0.29) is 0 Å². The van der Waals surface area contributed by atoms with Crippen molar-refractivity contribution in [2.45, 2.75) is 44.6 Å². The highest BCUT2D eigenvalue weighted by Crippen LogP contribution is 2.21. The van der Waals surface area contributed by atoms with Crippen molar-refractivity contribution >= 4 is 0 Å². The van der Waals surface area contributed by atoms with E-state index >= 15 is 0 Å². The number of hydrogen-bond donors (Lipinski definition) is 1. The monoisotopic (exact) mass is 240 g/mol. The molecule has 100 valence electrons. The van der Waals surface area contributed by atoms with Crippen LogP contribution in [-0.2, 0) is 4.74 Å². The summed E-state index contributed by atoms with van der Waals surface area (Å²) >= 11 is 0. The van der Waals surface area contributed by atoms with Crippen LogP contribution in [-0.4, -0.2) is 50.8 Å². The molecule has 2 aliphatic heterocycles. The Hall–Kier alpha value is -0.120. The molecule has 1 N–H and O–H groups in total. The lowest BCUT2D eigenvalue weighted by molar-refractivity contribution is 0.0629. The average Bonchev–Trinajstić information content (AvgIpc) is 2.84. The summed E-state index contributed by atoms with van der Waals surface area (Å²) in [6.45, 7) is 5.86. The molecule has 2 aliphatic rings. The molecule has 0 aromatic heterocycles. The smallest absolute Gasteiger partial charge is 0.0468 e. The normalized spacial score (nSPS) is 27.7. The van der Waals surface area contributed by atoms with Crippen molar-refractivity contribution in [3.8, 4) is 0 Å². The zero-order chi connectivity index (χ0) is 11.9. The van der Waals surface area contributed by atoms with Crippen LogP contribution in [0.1, 0.15) is 38.5 Å². The highest BCUT2D eigenvalue weighted by molar-refractivity contribution is 4.79. The van der Waals surface area contributed by atoms with Gasteiger partial charge < -0.3 is 15.0 Å². The second-order valence-corrected chi connectivity index (χ2v) is 5.63. The minimum atomic E-state index is 0.741. The Morgan fingerprint density at radius 3 is 2.71 bits per heavy atom. The van der Waals surface area contributed by atoms with Crippen LogP contribution in [0.2, 0.25) is 0 Å². The van der Waals surface area contributed by atoms with Gasteiger partial charge in [0.1, 0.15) is 0 Å². The van der Waals surface area contributed by atoms with Crippen molar-refractivity contribution in [2.24, 2.45) is 5.92 Å². The van der Waals surface area contributed by atoms with Gasteiger partial charge in [-0.15, -0.1) is 0 Å². The van der Waals surface area contributed by atoms with Crippen molar-refractivity contribution < 1.29 is 4.74 Å². The predicted octanol–water partition coefficient (Wildman–Crippen LogP) is 1.88. The van der Waals surface area contributed by atoms with E-state index in [1.54, 1.807) is 0 Å². The highest BCUT2D eigenvalue weighted by Gasteiger charge is 2.20. The average molecular weight is 240 g/mol. The van der Waals surface area contributed by atoms with E-state index < -0.39 is 0 Å². The summed E-state index contributed by atoms with van der Waals surface area (Å²) in [6, 6.07) is 0.741. The van der Waals surface area contributed by atoms with Gasteiger partial charge in [0.25, 0.3) is 0 Å². The van der Waals surface area contributed by atoms with Crippen molar-refractivity contribution in [3.05, 3.63) is 0 Å². The fourth-order valence-corrected chi connectivity index (χ4v) is 3.07. The molecule has 3 nitrogen and oxygen atoms in total. The molecule has 2 rings (SSSR count). The lowest BCUT2D eigenvalue weighted by Crippen LogP contribution is -2.30. The molecule has 0 radical (unpaired) electrons. The molecule has 0 saturated carbocycles. The van der Waals surface area contributed by atoms with Gasteiger partial charge in [0.05, 0.1) is 0 Å². The summed E-state index contributed by atoms with van der Waals surface area (Å²) in [6.07, 6.45) is 8.14.